The summed E-state index contributed by atoms with van der Waals surface area (Å²) in [7, 11) is 5.24. The second kappa shape index (κ2) is 21.3. The molecule has 0 aromatic rings. The van der Waals surface area contributed by atoms with Gasteiger partial charge in [0.05, 0.1) is 48.7 Å². The highest BCUT2D eigenvalue weighted by atomic mass is 16.7. The summed E-state index contributed by atoms with van der Waals surface area (Å²) < 4.78 is 37.4. The van der Waals surface area contributed by atoms with Gasteiger partial charge in [0.1, 0.15) is 24.4 Å². The van der Waals surface area contributed by atoms with E-state index in [1.165, 1.54) is 13.2 Å². The predicted octanol–water partition coefficient (Wildman–Crippen LogP) is 4.61. The van der Waals surface area contributed by atoms with E-state index in [9.17, 15) is 25.2 Å². The average Bonchev–Trinajstić information content (AvgIpc) is 3.11. The second-order valence-electron chi connectivity index (χ2n) is 15.8. The van der Waals surface area contributed by atoms with Crippen molar-refractivity contribution in [2.24, 2.45) is 17.8 Å². The molecule has 0 aromatic heterocycles. The van der Waals surface area contributed by atoms with Gasteiger partial charge in [-0.1, -0.05) is 63.6 Å². The summed E-state index contributed by atoms with van der Waals surface area (Å²) in [5.41, 5.74) is 2.71. The lowest BCUT2D eigenvalue weighted by Crippen LogP contribution is -2.65. The normalized spacial score (nSPS) is 42.7. The molecule has 0 radical (unpaired) electrons. The van der Waals surface area contributed by atoms with Crippen LogP contribution in [0.3, 0.4) is 0 Å². The molecule has 54 heavy (non-hydrogen) atoms. The van der Waals surface area contributed by atoms with E-state index in [0.717, 1.165) is 16.7 Å². The van der Waals surface area contributed by atoms with E-state index in [-0.39, 0.29) is 35.9 Å². The Balaban J connectivity index is 2.00. The summed E-state index contributed by atoms with van der Waals surface area (Å²) in [4.78, 5) is 14.8. The van der Waals surface area contributed by atoms with E-state index in [2.05, 4.69) is 6.92 Å². The highest BCUT2D eigenvalue weighted by molar-refractivity contribution is 5.89. The number of likely N-dealkylation sites (N-methyl/N-ethyl adjacent to an activating group) is 1. The van der Waals surface area contributed by atoms with Crippen LogP contribution in [0.5, 0.6) is 0 Å². The minimum atomic E-state index is -1.14. The summed E-state index contributed by atoms with van der Waals surface area (Å²) in [5, 5.41) is 43.9. The number of cyclic esters (lactones) is 1. The summed E-state index contributed by atoms with van der Waals surface area (Å²) in [6.07, 6.45) is 4.60. The van der Waals surface area contributed by atoms with Crippen molar-refractivity contribution in [3.05, 3.63) is 58.7 Å². The van der Waals surface area contributed by atoms with Gasteiger partial charge in [0.15, 0.2) is 12.6 Å². The molecule has 308 valence electrons. The topological polar surface area (TPSA) is 157 Å². The molecule has 3 aliphatic rings. The summed E-state index contributed by atoms with van der Waals surface area (Å²) in [5.74, 6) is -0.906. The van der Waals surface area contributed by atoms with Gasteiger partial charge in [-0.25, -0.2) is 4.79 Å². The monoisotopic (exact) mass is 763 g/mol. The molecule has 0 spiro atoms. The van der Waals surface area contributed by atoms with Crippen molar-refractivity contribution in [3.8, 4) is 0 Å². The first-order valence-corrected chi connectivity index (χ1v) is 19.5. The molecule has 3 aliphatic heterocycles. The van der Waals surface area contributed by atoms with Crippen LogP contribution in [0.1, 0.15) is 81.6 Å². The van der Waals surface area contributed by atoms with Crippen molar-refractivity contribution in [2.45, 2.75) is 155 Å². The highest BCUT2D eigenvalue weighted by Gasteiger charge is 2.51. The van der Waals surface area contributed by atoms with Gasteiger partial charge in [0.2, 0.25) is 0 Å². The van der Waals surface area contributed by atoms with Crippen molar-refractivity contribution in [3.63, 3.8) is 0 Å². The SMILES string of the molecule is CC[C@H]1/C=C(\C)[C@@H](O)C/C=C/C=C(\CO)C(=O)O[C@H](C(C)C)C/C=C(C)/C=C(\C)[C@@H]1O[C@@H]1OC(C)[C@@H](O[C@@H]2O[C@H](C)[C@@H](C)[C@H](O)[C@H]2OC)[C@H](N(C)C)[C@H]1O. The van der Waals surface area contributed by atoms with Crippen LogP contribution in [0.2, 0.25) is 0 Å². The van der Waals surface area contributed by atoms with Gasteiger partial charge in [-0.05, 0) is 84.7 Å². The molecule has 2 fully saturated rings. The summed E-state index contributed by atoms with van der Waals surface area (Å²) in [6, 6.07) is -0.571. The number of nitrogens with zero attached hydrogens (tertiary/aromatic N) is 1. The Labute approximate surface area is 323 Å². The van der Waals surface area contributed by atoms with Crippen molar-refractivity contribution < 1.29 is 53.6 Å². The number of hydrogen-bond acceptors (Lipinski definition) is 12. The molecule has 14 atom stereocenters. The van der Waals surface area contributed by atoms with Crippen LogP contribution >= 0.6 is 0 Å². The minimum Gasteiger partial charge on any atom is -0.458 e. The van der Waals surface area contributed by atoms with Crippen molar-refractivity contribution in [2.75, 3.05) is 27.8 Å². The van der Waals surface area contributed by atoms with Gasteiger partial charge in [-0.2, -0.15) is 0 Å². The van der Waals surface area contributed by atoms with Crippen LogP contribution in [-0.4, -0.2) is 133 Å². The number of hydrogen-bond donors (Lipinski definition) is 4. The number of ether oxygens (including phenoxy) is 6. The second-order valence-corrected chi connectivity index (χ2v) is 15.8. The Morgan fingerprint density at radius 2 is 1.59 bits per heavy atom. The number of methoxy groups -OCH3 is 1. The lowest BCUT2D eigenvalue weighted by atomic mass is 9.89. The number of aliphatic hydroxyl groups is 4. The van der Waals surface area contributed by atoms with E-state index in [1.807, 2.05) is 92.6 Å². The number of carbonyl (C=O) groups is 1. The lowest BCUT2D eigenvalue weighted by Gasteiger charge is -2.50. The Morgan fingerprint density at radius 3 is 2.19 bits per heavy atom. The fourth-order valence-corrected chi connectivity index (χ4v) is 7.36. The maximum atomic E-state index is 12.9. The Bertz CT molecular complexity index is 1360. The van der Waals surface area contributed by atoms with Gasteiger partial charge >= 0.3 is 5.97 Å². The van der Waals surface area contributed by atoms with Gasteiger partial charge in [-0.3, -0.25) is 0 Å². The van der Waals surface area contributed by atoms with Gasteiger partial charge in [-0.15, -0.1) is 0 Å². The van der Waals surface area contributed by atoms with Crippen LogP contribution in [0.15, 0.2) is 58.7 Å². The zero-order valence-corrected chi connectivity index (χ0v) is 34.5. The molecule has 0 amide bonds. The van der Waals surface area contributed by atoms with E-state index in [0.29, 0.717) is 12.8 Å². The van der Waals surface area contributed by atoms with E-state index < -0.39 is 80.0 Å². The molecule has 3 rings (SSSR count). The van der Waals surface area contributed by atoms with Crippen molar-refractivity contribution >= 4 is 5.97 Å². The predicted molar refractivity (Wildman–Crippen MR) is 207 cm³/mol. The summed E-state index contributed by atoms with van der Waals surface area (Å²) in [6.45, 7) is 17.1. The van der Waals surface area contributed by atoms with Crippen LogP contribution in [0, 0.1) is 17.8 Å². The first-order chi connectivity index (χ1) is 25.4. The van der Waals surface area contributed by atoms with Crippen LogP contribution in [0.25, 0.3) is 0 Å². The number of rotatable bonds is 9. The number of aliphatic hydroxyl groups excluding tert-OH is 4. The molecule has 0 aliphatic carbocycles. The van der Waals surface area contributed by atoms with Crippen LogP contribution in [-0.2, 0) is 33.2 Å². The molecule has 1 unspecified atom stereocenters. The Kier molecular flexibility index (Phi) is 18.2. The minimum absolute atomic E-state index is 0.0273. The van der Waals surface area contributed by atoms with E-state index >= 15 is 0 Å². The van der Waals surface area contributed by atoms with E-state index in [1.54, 1.807) is 12.2 Å². The Hall–Kier alpha value is -2.23. The van der Waals surface area contributed by atoms with Gasteiger partial charge in [0, 0.05) is 25.4 Å². The third kappa shape index (κ3) is 11.9. The molecule has 0 bridgehead atoms. The van der Waals surface area contributed by atoms with Gasteiger partial charge < -0.3 is 53.7 Å². The fourth-order valence-electron chi connectivity index (χ4n) is 7.36. The number of carbonyl (C=O) groups excluding carboxylic acids is 1. The quantitative estimate of drug-likeness (QED) is 0.191. The molecule has 3 heterocycles. The van der Waals surface area contributed by atoms with Crippen molar-refractivity contribution in [1.82, 2.24) is 4.90 Å². The van der Waals surface area contributed by atoms with E-state index in [4.69, 9.17) is 28.4 Å². The first kappa shape index (κ1) is 46.2. The third-order valence-corrected chi connectivity index (χ3v) is 11.1. The standard InChI is InChI=1S/C42H69NO11/c1-13-30-21-25(5)32(45)17-15-14-16-31(22-44)40(48)52-33(23(2)3)19-18-24(4)20-26(6)37(30)53-41-36(47)34(43(10)11)38(29(9)51-41)54-42-39(49-12)35(46)27(7)28(8)50-42/h14-16,18,20-21,23,27-30,32-39,41-42,44-47H,13,17,19,22H2,1-12H3/b15-14+,24-18+,25-21+,26-20+,31-16+/t27-,28-,29?,30+,32+,33+,34-,35+,36-,37+,38-,39-,41+,42+/m1/s1. The maximum absolute atomic E-state index is 12.9. The summed E-state index contributed by atoms with van der Waals surface area (Å²) >= 11 is 0. The third-order valence-electron chi connectivity index (χ3n) is 11.1. The number of esters is 1. The van der Waals surface area contributed by atoms with Crippen molar-refractivity contribution in [1.29, 1.82) is 0 Å². The molecule has 2 saturated heterocycles. The fraction of sp³-hybridized carbons (Fsp3) is 0.738. The molecule has 4 N–H and O–H groups in total. The Morgan fingerprint density at radius 1 is 0.926 bits per heavy atom. The van der Waals surface area contributed by atoms with Crippen LogP contribution < -0.4 is 0 Å². The molecular formula is C42H69NO11. The average molecular weight is 764 g/mol. The zero-order chi connectivity index (χ0) is 40.4. The lowest BCUT2D eigenvalue weighted by molar-refractivity contribution is -0.345. The number of allylic oxidation sites excluding steroid dienone is 4. The largest absolute Gasteiger partial charge is 0.458 e. The zero-order valence-electron chi connectivity index (χ0n) is 34.5. The molecule has 0 aromatic carbocycles. The van der Waals surface area contributed by atoms with Gasteiger partial charge in [0.25, 0.3) is 0 Å². The molecule has 0 saturated carbocycles. The smallest absolute Gasteiger partial charge is 0.336 e. The highest BCUT2D eigenvalue weighted by Crippen LogP contribution is 2.35. The first-order valence-electron chi connectivity index (χ1n) is 19.5. The molecule has 12 heteroatoms. The maximum Gasteiger partial charge on any atom is 0.336 e. The van der Waals surface area contributed by atoms with Crippen LogP contribution in [0.4, 0.5) is 0 Å². The molecular weight excluding hydrogens is 694 g/mol. The molecule has 12 nitrogen and oxygen atoms in total.